The second-order valence-corrected chi connectivity index (χ2v) is 4.07. The van der Waals surface area contributed by atoms with Crippen molar-refractivity contribution in [1.82, 2.24) is 10.2 Å². The van der Waals surface area contributed by atoms with Crippen molar-refractivity contribution in [1.29, 1.82) is 0 Å². The van der Waals surface area contributed by atoms with Crippen LogP contribution in [0.4, 0.5) is 0 Å². The molecule has 1 aromatic heterocycles. The molecule has 1 aromatic rings. The molecule has 0 unspecified atom stereocenters. The van der Waals surface area contributed by atoms with Gasteiger partial charge in [-0.1, -0.05) is 19.3 Å². The van der Waals surface area contributed by atoms with Gasteiger partial charge < -0.3 is 5.73 Å². The number of aromatic nitrogens is 2. The average Bonchev–Trinajstić information content (AvgIpc) is 2.61. The van der Waals surface area contributed by atoms with Crippen molar-refractivity contribution in [3.05, 3.63) is 21.6 Å². The molecule has 1 fully saturated rings. The molecule has 0 aliphatic heterocycles. The number of nitrogens with one attached hydrogen (secondary N) is 2. The molecule has 4 N–H and O–H groups in total. The monoisotopic (exact) mass is 209 g/mol. The Morgan fingerprint density at radius 2 is 1.87 bits per heavy atom. The number of carbonyl (C=O) groups is 1. The van der Waals surface area contributed by atoms with E-state index in [9.17, 15) is 9.59 Å². The lowest BCUT2D eigenvalue weighted by molar-refractivity contribution is 0.0994. The minimum absolute atomic E-state index is 0.191. The summed E-state index contributed by atoms with van der Waals surface area (Å²) in [6.45, 7) is 0. The molecule has 82 valence electrons. The van der Waals surface area contributed by atoms with Crippen LogP contribution in [0.5, 0.6) is 0 Å². The van der Waals surface area contributed by atoms with Crippen LogP contribution in [0.2, 0.25) is 0 Å². The second-order valence-electron chi connectivity index (χ2n) is 4.07. The Hall–Kier alpha value is -1.52. The standard InChI is InChI=1S/C10H15N3O2/c11-9(14)8-7(10(15)13-12-8)6-4-2-1-3-5-6/h6H,1-5H2,(H2,11,14)(H2,12,13,15). The molecule has 0 radical (unpaired) electrons. The molecular weight excluding hydrogens is 194 g/mol. The highest BCUT2D eigenvalue weighted by atomic mass is 16.1. The molecule has 1 saturated carbocycles. The van der Waals surface area contributed by atoms with Gasteiger partial charge >= 0.3 is 0 Å². The molecule has 0 atom stereocenters. The second kappa shape index (κ2) is 3.92. The van der Waals surface area contributed by atoms with E-state index in [1.807, 2.05) is 0 Å². The summed E-state index contributed by atoms with van der Waals surface area (Å²) in [6.07, 6.45) is 5.40. The van der Waals surface area contributed by atoms with Gasteiger partial charge in [-0.3, -0.25) is 19.8 Å². The number of amides is 1. The topological polar surface area (TPSA) is 91.7 Å². The van der Waals surface area contributed by atoms with Crippen molar-refractivity contribution in [2.24, 2.45) is 5.73 Å². The number of primary amides is 1. The van der Waals surface area contributed by atoms with Gasteiger partial charge in [-0.25, -0.2) is 0 Å². The fraction of sp³-hybridized carbons (Fsp3) is 0.600. The third-order valence-electron chi connectivity index (χ3n) is 3.07. The smallest absolute Gasteiger partial charge is 0.268 e. The predicted molar refractivity (Wildman–Crippen MR) is 55.8 cm³/mol. The Kier molecular flexibility index (Phi) is 2.62. The van der Waals surface area contributed by atoms with Crippen LogP contribution in [0.1, 0.15) is 54.1 Å². The fourth-order valence-electron chi connectivity index (χ4n) is 2.34. The van der Waals surface area contributed by atoms with E-state index >= 15 is 0 Å². The Balaban J connectivity index is 2.36. The number of carbonyl (C=O) groups excluding carboxylic acids is 1. The van der Waals surface area contributed by atoms with Crippen molar-refractivity contribution < 1.29 is 4.79 Å². The van der Waals surface area contributed by atoms with Gasteiger partial charge in [0.1, 0.15) is 5.69 Å². The first-order chi connectivity index (χ1) is 7.20. The minimum atomic E-state index is -0.561. The van der Waals surface area contributed by atoms with Gasteiger partial charge in [-0.05, 0) is 18.8 Å². The molecule has 1 heterocycles. The summed E-state index contributed by atoms with van der Waals surface area (Å²) in [5.41, 5.74) is 5.82. The third kappa shape index (κ3) is 1.82. The van der Waals surface area contributed by atoms with Gasteiger partial charge in [0.25, 0.3) is 11.5 Å². The van der Waals surface area contributed by atoms with Crippen LogP contribution in [-0.2, 0) is 0 Å². The van der Waals surface area contributed by atoms with Gasteiger partial charge in [-0.2, -0.15) is 0 Å². The average molecular weight is 209 g/mol. The van der Waals surface area contributed by atoms with Crippen molar-refractivity contribution in [2.45, 2.75) is 38.0 Å². The highest BCUT2D eigenvalue weighted by molar-refractivity contribution is 5.92. The highest BCUT2D eigenvalue weighted by Gasteiger charge is 2.24. The third-order valence-corrected chi connectivity index (χ3v) is 3.07. The molecule has 0 aromatic carbocycles. The molecular formula is C10H15N3O2. The van der Waals surface area contributed by atoms with Crippen LogP contribution in [0, 0.1) is 0 Å². The van der Waals surface area contributed by atoms with Crippen LogP contribution in [0.15, 0.2) is 4.79 Å². The molecule has 1 aliphatic carbocycles. The first-order valence-corrected chi connectivity index (χ1v) is 5.30. The zero-order valence-corrected chi connectivity index (χ0v) is 8.51. The summed E-state index contributed by atoms with van der Waals surface area (Å²) in [5, 5.41) is 4.99. The largest absolute Gasteiger partial charge is 0.364 e. The summed E-state index contributed by atoms with van der Waals surface area (Å²) in [7, 11) is 0. The summed E-state index contributed by atoms with van der Waals surface area (Å²) in [6, 6.07) is 0. The van der Waals surface area contributed by atoms with E-state index in [1.54, 1.807) is 0 Å². The predicted octanol–water partition coefficient (Wildman–Crippen LogP) is 0.850. The van der Waals surface area contributed by atoms with Crippen molar-refractivity contribution in [2.75, 3.05) is 0 Å². The van der Waals surface area contributed by atoms with E-state index in [0.717, 1.165) is 25.7 Å². The minimum Gasteiger partial charge on any atom is -0.364 e. The Bertz CT molecular complexity index is 413. The molecule has 0 bridgehead atoms. The maximum Gasteiger partial charge on any atom is 0.268 e. The summed E-state index contributed by atoms with van der Waals surface area (Å²) < 4.78 is 0. The Morgan fingerprint density at radius 3 is 2.47 bits per heavy atom. The zero-order valence-electron chi connectivity index (χ0n) is 8.51. The number of rotatable bonds is 2. The lowest BCUT2D eigenvalue weighted by atomic mass is 9.84. The van der Waals surface area contributed by atoms with Gasteiger partial charge in [0, 0.05) is 0 Å². The molecule has 2 rings (SSSR count). The van der Waals surface area contributed by atoms with Crippen LogP contribution >= 0.6 is 0 Å². The first kappa shape index (κ1) is 10.0. The van der Waals surface area contributed by atoms with Gasteiger partial charge in [0.05, 0.1) is 5.56 Å². The number of hydrogen-bond donors (Lipinski definition) is 3. The summed E-state index contributed by atoms with van der Waals surface area (Å²) in [5.74, 6) is -0.370. The molecule has 0 saturated heterocycles. The van der Waals surface area contributed by atoms with E-state index < -0.39 is 5.91 Å². The lowest BCUT2D eigenvalue weighted by Crippen LogP contribution is -2.20. The molecule has 5 nitrogen and oxygen atoms in total. The maximum absolute atomic E-state index is 11.5. The number of aromatic amines is 2. The van der Waals surface area contributed by atoms with Crippen LogP contribution < -0.4 is 11.3 Å². The number of nitrogens with two attached hydrogens (primary N) is 1. The van der Waals surface area contributed by atoms with E-state index in [-0.39, 0.29) is 17.2 Å². The number of H-pyrrole nitrogens is 2. The van der Waals surface area contributed by atoms with E-state index in [2.05, 4.69) is 10.2 Å². The Labute approximate surface area is 87.0 Å². The maximum atomic E-state index is 11.5. The van der Waals surface area contributed by atoms with Crippen LogP contribution in [0.3, 0.4) is 0 Å². The lowest BCUT2D eigenvalue weighted by Gasteiger charge is -2.20. The summed E-state index contributed by atoms with van der Waals surface area (Å²) >= 11 is 0. The Morgan fingerprint density at radius 1 is 1.20 bits per heavy atom. The molecule has 5 heteroatoms. The van der Waals surface area contributed by atoms with E-state index in [1.165, 1.54) is 6.42 Å². The quantitative estimate of drug-likeness (QED) is 0.673. The van der Waals surface area contributed by atoms with Crippen molar-refractivity contribution in [3.63, 3.8) is 0 Å². The first-order valence-electron chi connectivity index (χ1n) is 5.30. The normalized spacial score (nSPS) is 17.9. The zero-order chi connectivity index (χ0) is 10.8. The van der Waals surface area contributed by atoms with Crippen molar-refractivity contribution in [3.8, 4) is 0 Å². The molecule has 1 amide bonds. The van der Waals surface area contributed by atoms with E-state index in [4.69, 9.17) is 5.73 Å². The highest BCUT2D eigenvalue weighted by Crippen LogP contribution is 2.31. The van der Waals surface area contributed by atoms with E-state index in [0.29, 0.717) is 5.56 Å². The fourth-order valence-corrected chi connectivity index (χ4v) is 2.34. The van der Waals surface area contributed by atoms with Crippen LogP contribution in [0.25, 0.3) is 0 Å². The summed E-state index contributed by atoms with van der Waals surface area (Å²) in [4.78, 5) is 22.7. The van der Waals surface area contributed by atoms with Crippen molar-refractivity contribution >= 4 is 5.91 Å². The molecule has 15 heavy (non-hydrogen) atoms. The molecule has 1 aliphatic rings. The van der Waals surface area contributed by atoms with Gasteiger partial charge in [0.15, 0.2) is 0 Å². The van der Waals surface area contributed by atoms with Gasteiger partial charge in [-0.15, -0.1) is 0 Å². The number of hydrogen-bond acceptors (Lipinski definition) is 2. The molecule has 0 spiro atoms. The SMILES string of the molecule is NC(=O)c1[nH][nH]c(=O)c1C1CCCCC1. The van der Waals surface area contributed by atoms with Gasteiger partial charge in [0.2, 0.25) is 0 Å². The van der Waals surface area contributed by atoms with Crippen LogP contribution in [-0.4, -0.2) is 16.1 Å².